The number of carboxylic acid groups (broad SMARTS) is 1. The van der Waals surface area contributed by atoms with Crippen molar-refractivity contribution in [1.82, 2.24) is 20.3 Å². The zero-order valence-corrected chi connectivity index (χ0v) is 23.2. The van der Waals surface area contributed by atoms with Crippen LogP contribution in [0.2, 0.25) is 5.02 Å². The molecule has 4 rings (SSSR count). The van der Waals surface area contributed by atoms with Crippen LogP contribution in [0.15, 0.2) is 36.0 Å². The molecule has 1 aromatic carbocycles. The Kier molecular flexibility index (Phi) is 8.30. The zero-order valence-electron chi connectivity index (χ0n) is 22.5. The van der Waals surface area contributed by atoms with Gasteiger partial charge < -0.3 is 15.4 Å². The Hall–Kier alpha value is -2.75. The lowest BCUT2D eigenvalue weighted by Gasteiger charge is -2.38. The summed E-state index contributed by atoms with van der Waals surface area (Å²) in [5.74, 6) is -2.09. The van der Waals surface area contributed by atoms with Crippen molar-refractivity contribution in [3.63, 3.8) is 0 Å². The number of nitrogens with zero attached hydrogens (tertiary/aromatic N) is 3. The standard InChI is InChI=1S/C28H36ClF2N5O2/c1-16-11-18(9-10-35(16)15-19-7-6-8-21(29)25(19)30)13-22-26(31)20(27(37)38)14-23(32-22)33-24-12-17(2)36(34-24)28(3,4)5/h6-8,12,14,16,18,24,34H,9-11,13,15H2,1-5H3,(H,32,33)(H,37,38)/t16-,18+,24?/m1/s1. The van der Waals surface area contributed by atoms with Gasteiger partial charge in [0.2, 0.25) is 0 Å². The van der Waals surface area contributed by atoms with Crippen LogP contribution < -0.4 is 10.7 Å². The molecule has 2 aromatic rings. The lowest BCUT2D eigenvalue weighted by Crippen LogP contribution is -2.50. The van der Waals surface area contributed by atoms with E-state index >= 15 is 4.39 Å². The first kappa shape index (κ1) is 28.3. The van der Waals surface area contributed by atoms with Crippen molar-refractivity contribution in [2.75, 3.05) is 11.9 Å². The van der Waals surface area contributed by atoms with Crippen molar-refractivity contribution in [1.29, 1.82) is 0 Å². The van der Waals surface area contributed by atoms with Crippen LogP contribution in [0, 0.1) is 17.6 Å². The second kappa shape index (κ2) is 11.2. The first-order valence-corrected chi connectivity index (χ1v) is 13.3. The Morgan fingerprint density at radius 2 is 2.03 bits per heavy atom. The fourth-order valence-electron chi connectivity index (χ4n) is 5.40. The number of hydrazine groups is 1. The Bertz CT molecular complexity index is 1230. The molecule has 1 saturated heterocycles. The van der Waals surface area contributed by atoms with Crippen LogP contribution in [0.3, 0.4) is 0 Å². The smallest absolute Gasteiger partial charge is 0.338 e. The van der Waals surface area contributed by atoms with Crippen molar-refractivity contribution in [2.45, 2.75) is 78.2 Å². The highest BCUT2D eigenvalue weighted by Gasteiger charge is 2.31. The van der Waals surface area contributed by atoms with Crippen molar-refractivity contribution in [2.24, 2.45) is 5.92 Å². The highest BCUT2D eigenvalue weighted by Crippen LogP contribution is 2.30. The maximum atomic E-state index is 15.2. The van der Waals surface area contributed by atoms with Crippen molar-refractivity contribution in [3.05, 3.63) is 69.5 Å². The fraction of sp³-hybridized carbons (Fsp3) is 0.500. The van der Waals surface area contributed by atoms with E-state index < -0.39 is 23.2 Å². The van der Waals surface area contributed by atoms with Gasteiger partial charge in [-0.1, -0.05) is 23.7 Å². The topological polar surface area (TPSA) is 80.7 Å². The van der Waals surface area contributed by atoms with Gasteiger partial charge in [0.1, 0.15) is 23.4 Å². The quantitative estimate of drug-likeness (QED) is 0.403. The minimum absolute atomic E-state index is 0.110. The number of carbonyl (C=O) groups is 1. The van der Waals surface area contributed by atoms with E-state index in [-0.39, 0.29) is 34.4 Å². The summed E-state index contributed by atoms with van der Waals surface area (Å²) in [5.41, 5.74) is 4.50. The van der Waals surface area contributed by atoms with Crippen molar-refractivity contribution < 1.29 is 18.7 Å². The fourth-order valence-corrected chi connectivity index (χ4v) is 5.59. The molecule has 3 heterocycles. The van der Waals surface area contributed by atoms with Crippen LogP contribution in [0.5, 0.6) is 0 Å². The number of piperidine rings is 1. The van der Waals surface area contributed by atoms with Gasteiger partial charge in [0.25, 0.3) is 0 Å². The number of nitrogens with one attached hydrogen (secondary N) is 2. The van der Waals surface area contributed by atoms with Crippen LogP contribution >= 0.6 is 11.6 Å². The molecule has 2 aliphatic heterocycles. The average molecular weight is 548 g/mol. The lowest BCUT2D eigenvalue weighted by molar-refractivity contribution is 0.0691. The van der Waals surface area contributed by atoms with Gasteiger partial charge in [0, 0.05) is 29.4 Å². The molecule has 206 valence electrons. The summed E-state index contributed by atoms with van der Waals surface area (Å²) in [6.45, 7) is 11.4. The number of hydrogen-bond acceptors (Lipinski definition) is 6. The summed E-state index contributed by atoms with van der Waals surface area (Å²) in [6, 6.07) is 6.40. The van der Waals surface area contributed by atoms with E-state index in [1.807, 2.05) is 18.0 Å². The molecule has 7 nitrogen and oxygen atoms in total. The predicted octanol–water partition coefficient (Wildman–Crippen LogP) is 5.82. The Balaban J connectivity index is 1.46. The second-order valence-electron chi connectivity index (χ2n) is 11.3. The SMILES string of the molecule is CC1=CC(Nc2cc(C(=O)O)c(F)c(C[C@H]3CCN(Cc4cccc(Cl)c4F)[C@H](C)C3)n2)NN1C(C)(C)C. The molecule has 0 spiro atoms. The third-order valence-corrected chi connectivity index (χ3v) is 7.56. The molecule has 38 heavy (non-hydrogen) atoms. The number of pyridine rings is 1. The monoisotopic (exact) mass is 547 g/mol. The van der Waals surface area contributed by atoms with Gasteiger partial charge in [-0.15, -0.1) is 0 Å². The van der Waals surface area contributed by atoms with E-state index in [4.69, 9.17) is 11.6 Å². The lowest BCUT2D eigenvalue weighted by atomic mass is 9.87. The predicted molar refractivity (Wildman–Crippen MR) is 145 cm³/mol. The number of hydrogen-bond donors (Lipinski definition) is 3. The molecular formula is C28H36ClF2N5O2. The molecule has 1 aromatic heterocycles. The maximum absolute atomic E-state index is 15.2. The number of benzene rings is 1. The van der Waals surface area contributed by atoms with E-state index in [0.29, 0.717) is 30.9 Å². The molecular weight excluding hydrogens is 512 g/mol. The molecule has 1 fully saturated rings. The van der Waals surface area contributed by atoms with Crippen LogP contribution in [0.1, 0.15) is 69.1 Å². The molecule has 10 heteroatoms. The normalized spacial score (nSPS) is 22.5. The third-order valence-electron chi connectivity index (χ3n) is 7.27. The largest absolute Gasteiger partial charge is 0.478 e. The van der Waals surface area contributed by atoms with Gasteiger partial charge in [-0.2, -0.15) is 0 Å². The molecule has 0 bridgehead atoms. The molecule has 0 radical (unpaired) electrons. The number of aromatic carboxylic acids is 1. The van der Waals surface area contributed by atoms with Gasteiger partial charge in [-0.3, -0.25) is 4.90 Å². The second-order valence-corrected chi connectivity index (χ2v) is 11.7. The minimum atomic E-state index is -1.33. The van der Waals surface area contributed by atoms with E-state index in [2.05, 4.69) is 48.3 Å². The molecule has 0 aliphatic carbocycles. The minimum Gasteiger partial charge on any atom is -0.478 e. The van der Waals surface area contributed by atoms with Crippen LogP contribution in [0.4, 0.5) is 14.6 Å². The summed E-state index contributed by atoms with van der Waals surface area (Å²) in [4.78, 5) is 18.5. The van der Waals surface area contributed by atoms with E-state index in [1.165, 1.54) is 12.1 Å². The highest BCUT2D eigenvalue weighted by molar-refractivity contribution is 6.30. The van der Waals surface area contributed by atoms with Crippen LogP contribution in [-0.2, 0) is 13.0 Å². The maximum Gasteiger partial charge on any atom is 0.338 e. The van der Waals surface area contributed by atoms with Crippen LogP contribution in [-0.4, -0.2) is 50.3 Å². The van der Waals surface area contributed by atoms with Crippen LogP contribution in [0.25, 0.3) is 0 Å². The van der Waals surface area contributed by atoms with E-state index in [9.17, 15) is 14.3 Å². The summed E-state index contributed by atoms with van der Waals surface area (Å²) >= 11 is 5.94. The van der Waals surface area contributed by atoms with E-state index in [1.54, 1.807) is 12.1 Å². The summed E-state index contributed by atoms with van der Waals surface area (Å²) < 4.78 is 29.6. The van der Waals surface area contributed by atoms with Crippen molar-refractivity contribution >= 4 is 23.4 Å². The first-order chi connectivity index (χ1) is 17.8. The number of likely N-dealkylation sites (tertiary alicyclic amines) is 1. The molecule has 3 atom stereocenters. The number of carboxylic acids is 1. The van der Waals surface area contributed by atoms with Gasteiger partial charge in [0.05, 0.1) is 10.7 Å². The van der Waals surface area contributed by atoms with Gasteiger partial charge in [-0.05, 0) is 84.6 Å². The average Bonchev–Trinajstić information content (AvgIpc) is 3.20. The van der Waals surface area contributed by atoms with E-state index in [0.717, 1.165) is 18.5 Å². The number of rotatable bonds is 7. The Morgan fingerprint density at radius 1 is 1.29 bits per heavy atom. The van der Waals surface area contributed by atoms with Crippen molar-refractivity contribution in [3.8, 4) is 0 Å². The van der Waals surface area contributed by atoms with Gasteiger partial charge in [-0.25, -0.2) is 24.0 Å². The molecule has 0 saturated carbocycles. The Morgan fingerprint density at radius 3 is 2.66 bits per heavy atom. The number of aromatic nitrogens is 1. The number of halogens is 3. The van der Waals surface area contributed by atoms with Gasteiger partial charge >= 0.3 is 5.97 Å². The third kappa shape index (κ3) is 6.27. The molecule has 1 unspecified atom stereocenters. The van der Waals surface area contributed by atoms with Gasteiger partial charge in [0.15, 0.2) is 5.82 Å². The first-order valence-electron chi connectivity index (χ1n) is 12.9. The molecule has 2 aliphatic rings. The summed E-state index contributed by atoms with van der Waals surface area (Å²) in [5, 5.41) is 15.0. The molecule has 3 N–H and O–H groups in total. The molecule has 0 amide bonds. The highest BCUT2D eigenvalue weighted by atomic mass is 35.5. The number of anilines is 1. The number of allylic oxidation sites excluding steroid dienone is 1. The summed E-state index contributed by atoms with van der Waals surface area (Å²) in [6.07, 6.45) is 3.52. The summed E-state index contributed by atoms with van der Waals surface area (Å²) in [7, 11) is 0. The zero-order chi connectivity index (χ0) is 27.8. The Labute approximate surface area is 227 Å².